The van der Waals surface area contributed by atoms with Crippen molar-refractivity contribution in [1.29, 1.82) is 0 Å². The molecule has 0 aliphatic rings. The molecule has 86 valence electrons. The molecule has 0 atom stereocenters. The van der Waals surface area contributed by atoms with Crippen molar-refractivity contribution in [3.05, 3.63) is 35.0 Å². The molecular formula is C11H7F2N3S. The molecule has 3 rings (SSSR count). The van der Waals surface area contributed by atoms with Crippen LogP contribution in [0.5, 0.6) is 0 Å². The Morgan fingerprint density at radius 1 is 1.24 bits per heavy atom. The molecule has 0 unspecified atom stereocenters. The Morgan fingerprint density at radius 3 is 2.71 bits per heavy atom. The van der Waals surface area contributed by atoms with Crippen LogP contribution in [0.4, 0.5) is 8.78 Å². The molecule has 3 aromatic rings. The molecule has 0 amide bonds. The predicted octanol–water partition coefficient (Wildman–Crippen LogP) is 3.27. The second-order valence-electron chi connectivity index (χ2n) is 3.61. The average molecular weight is 251 g/mol. The van der Waals surface area contributed by atoms with Crippen LogP contribution in [0, 0.1) is 18.6 Å². The van der Waals surface area contributed by atoms with Crippen LogP contribution in [0.2, 0.25) is 0 Å². The third kappa shape index (κ3) is 1.70. The van der Waals surface area contributed by atoms with Gasteiger partial charge in [0.25, 0.3) is 0 Å². The molecule has 0 bridgehead atoms. The van der Waals surface area contributed by atoms with Gasteiger partial charge in [-0.2, -0.15) is 0 Å². The zero-order valence-corrected chi connectivity index (χ0v) is 9.61. The number of imidazole rings is 1. The number of nitrogens with one attached hydrogen (secondary N) is 1. The Balaban J connectivity index is 2.19. The predicted molar refractivity (Wildman–Crippen MR) is 61.9 cm³/mol. The number of aryl methyl sites for hydroxylation is 1. The van der Waals surface area contributed by atoms with Gasteiger partial charge in [-0.25, -0.2) is 18.7 Å². The number of rotatable bonds is 1. The molecule has 17 heavy (non-hydrogen) atoms. The number of aromatic nitrogens is 3. The van der Waals surface area contributed by atoms with E-state index in [1.807, 2.05) is 6.92 Å². The van der Waals surface area contributed by atoms with E-state index in [4.69, 9.17) is 0 Å². The summed E-state index contributed by atoms with van der Waals surface area (Å²) in [5.41, 5.74) is 0.884. The molecular weight excluding hydrogens is 244 g/mol. The Morgan fingerprint density at radius 2 is 2.00 bits per heavy atom. The Labute approximate surface area is 99.2 Å². The summed E-state index contributed by atoms with van der Waals surface area (Å²) < 4.78 is 26.1. The normalized spacial score (nSPS) is 11.2. The summed E-state index contributed by atoms with van der Waals surface area (Å²) in [7, 11) is 0. The van der Waals surface area contributed by atoms with Gasteiger partial charge in [-0.05, 0) is 6.92 Å². The number of fused-ring (bicyclic) bond motifs is 1. The number of aromatic amines is 1. The van der Waals surface area contributed by atoms with Gasteiger partial charge < -0.3 is 4.98 Å². The lowest BCUT2D eigenvalue weighted by atomic mass is 10.3. The van der Waals surface area contributed by atoms with Gasteiger partial charge >= 0.3 is 0 Å². The number of thiazole rings is 1. The van der Waals surface area contributed by atoms with Crippen LogP contribution in [-0.4, -0.2) is 15.0 Å². The van der Waals surface area contributed by atoms with Gasteiger partial charge in [0, 0.05) is 18.3 Å². The molecule has 2 heterocycles. The highest BCUT2D eigenvalue weighted by atomic mass is 32.1. The quantitative estimate of drug-likeness (QED) is 0.721. The smallest absolute Gasteiger partial charge is 0.161 e. The van der Waals surface area contributed by atoms with E-state index in [9.17, 15) is 8.78 Å². The monoisotopic (exact) mass is 251 g/mol. The van der Waals surface area contributed by atoms with Crippen LogP contribution in [0.25, 0.3) is 21.7 Å². The lowest BCUT2D eigenvalue weighted by Gasteiger charge is -1.90. The fourth-order valence-electron chi connectivity index (χ4n) is 1.59. The Bertz CT molecular complexity index is 663. The van der Waals surface area contributed by atoms with Crippen LogP contribution in [0.1, 0.15) is 5.01 Å². The lowest BCUT2D eigenvalue weighted by molar-refractivity contribution is 0.510. The van der Waals surface area contributed by atoms with Crippen molar-refractivity contribution in [3.8, 4) is 10.7 Å². The van der Waals surface area contributed by atoms with E-state index in [-0.39, 0.29) is 0 Å². The number of hydrogen-bond acceptors (Lipinski definition) is 3. The van der Waals surface area contributed by atoms with E-state index in [0.29, 0.717) is 16.9 Å². The number of nitrogens with zero attached hydrogens (tertiary/aromatic N) is 2. The van der Waals surface area contributed by atoms with Crippen LogP contribution in [0.15, 0.2) is 18.3 Å². The number of halogens is 2. The van der Waals surface area contributed by atoms with E-state index < -0.39 is 11.6 Å². The highest BCUT2D eigenvalue weighted by Gasteiger charge is 2.11. The molecule has 0 saturated heterocycles. The summed E-state index contributed by atoms with van der Waals surface area (Å²) in [6.07, 6.45) is 1.68. The maximum Gasteiger partial charge on any atom is 0.161 e. The van der Waals surface area contributed by atoms with Gasteiger partial charge in [-0.1, -0.05) is 0 Å². The van der Waals surface area contributed by atoms with Crippen molar-refractivity contribution in [1.82, 2.24) is 15.0 Å². The summed E-state index contributed by atoms with van der Waals surface area (Å²) in [4.78, 5) is 12.1. The summed E-state index contributed by atoms with van der Waals surface area (Å²) in [6, 6.07) is 2.19. The van der Waals surface area contributed by atoms with Gasteiger partial charge in [0.05, 0.1) is 20.9 Å². The molecule has 3 nitrogen and oxygen atoms in total. The van der Waals surface area contributed by atoms with E-state index in [0.717, 1.165) is 22.0 Å². The molecule has 0 aliphatic heterocycles. The lowest BCUT2D eigenvalue weighted by Crippen LogP contribution is -1.82. The topological polar surface area (TPSA) is 41.6 Å². The zero-order chi connectivity index (χ0) is 12.0. The minimum atomic E-state index is -0.893. The molecule has 0 radical (unpaired) electrons. The zero-order valence-electron chi connectivity index (χ0n) is 8.79. The van der Waals surface area contributed by atoms with E-state index >= 15 is 0 Å². The summed E-state index contributed by atoms with van der Waals surface area (Å²) in [5, 5.41) is 0.915. The van der Waals surface area contributed by atoms with Gasteiger partial charge in [0.15, 0.2) is 11.6 Å². The molecule has 0 fully saturated rings. The number of benzene rings is 1. The van der Waals surface area contributed by atoms with Crippen LogP contribution >= 0.6 is 11.3 Å². The van der Waals surface area contributed by atoms with Gasteiger partial charge in [-0.15, -0.1) is 11.3 Å². The van der Waals surface area contributed by atoms with Gasteiger partial charge in [0.2, 0.25) is 0 Å². The maximum absolute atomic E-state index is 13.0. The van der Waals surface area contributed by atoms with Crippen molar-refractivity contribution in [2.75, 3.05) is 0 Å². The fourth-order valence-corrected chi connectivity index (χ4v) is 2.31. The summed E-state index contributed by atoms with van der Waals surface area (Å²) in [5.74, 6) is -1.19. The first kappa shape index (κ1) is 10.3. The van der Waals surface area contributed by atoms with Gasteiger partial charge in [0.1, 0.15) is 5.82 Å². The number of hydrogen-bond donors (Lipinski definition) is 1. The summed E-state index contributed by atoms with van der Waals surface area (Å²) in [6.45, 7) is 1.89. The first-order chi connectivity index (χ1) is 8.13. The molecule has 0 spiro atoms. The molecule has 1 N–H and O–H groups in total. The van der Waals surface area contributed by atoms with E-state index in [1.165, 1.54) is 11.3 Å². The molecule has 1 aromatic carbocycles. The van der Waals surface area contributed by atoms with Gasteiger partial charge in [-0.3, -0.25) is 0 Å². The van der Waals surface area contributed by atoms with Crippen LogP contribution in [0.3, 0.4) is 0 Å². The number of H-pyrrole nitrogens is 1. The summed E-state index contributed by atoms with van der Waals surface area (Å²) >= 11 is 1.47. The van der Waals surface area contributed by atoms with Crippen molar-refractivity contribution < 1.29 is 8.78 Å². The molecule has 6 heteroatoms. The van der Waals surface area contributed by atoms with Crippen molar-refractivity contribution in [2.45, 2.75) is 6.92 Å². The average Bonchev–Trinajstić information content (AvgIpc) is 2.85. The molecule has 2 aromatic heterocycles. The van der Waals surface area contributed by atoms with E-state index in [1.54, 1.807) is 6.20 Å². The third-order valence-corrected chi connectivity index (χ3v) is 3.30. The fraction of sp³-hybridized carbons (Fsp3) is 0.0909. The Kier molecular flexibility index (Phi) is 2.19. The Hall–Kier alpha value is -1.82. The standard InChI is InChI=1S/C11H7F2N3S/c1-5-14-4-10(17-5)11-15-8-2-6(12)7(13)3-9(8)16-11/h2-4H,1H3,(H,15,16). The largest absolute Gasteiger partial charge is 0.337 e. The van der Waals surface area contributed by atoms with E-state index in [2.05, 4.69) is 15.0 Å². The maximum atomic E-state index is 13.0. The first-order valence-electron chi connectivity index (χ1n) is 4.91. The minimum absolute atomic E-state index is 0.407. The van der Waals surface area contributed by atoms with Crippen LogP contribution in [-0.2, 0) is 0 Å². The highest BCUT2D eigenvalue weighted by molar-refractivity contribution is 7.14. The third-order valence-electron chi connectivity index (χ3n) is 2.38. The highest BCUT2D eigenvalue weighted by Crippen LogP contribution is 2.26. The first-order valence-corrected chi connectivity index (χ1v) is 5.73. The van der Waals surface area contributed by atoms with Crippen molar-refractivity contribution in [2.24, 2.45) is 0 Å². The second-order valence-corrected chi connectivity index (χ2v) is 4.85. The van der Waals surface area contributed by atoms with Crippen LogP contribution < -0.4 is 0 Å². The minimum Gasteiger partial charge on any atom is -0.337 e. The molecule has 0 aliphatic carbocycles. The second kappa shape index (κ2) is 3.59. The SMILES string of the molecule is Cc1ncc(-c2nc3cc(F)c(F)cc3[nH]2)s1. The van der Waals surface area contributed by atoms with Crippen molar-refractivity contribution >= 4 is 22.4 Å². The molecule has 0 saturated carbocycles. The van der Waals surface area contributed by atoms with Crippen molar-refractivity contribution in [3.63, 3.8) is 0 Å².